The molecule has 1 aromatic carbocycles. The number of rotatable bonds is 7. The number of halogens is 1. The summed E-state index contributed by atoms with van der Waals surface area (Å²) in [6.07, 6.45) is 5.87. The zero-order valence-electron chi connectivity index (χ0n) is 15.4. The SMILES string of the molecule is CCCC[C@@H](CC)C(=O)N1CCC[C@@H]1c1nc(-c2ccc(Cl)cc2)no1. The third-order valence-electron chi connectivity index (χ3n) is 5.11. The minimum absolute atomic E-state index is 0.0919. The van der Waals surface area contributed by atoms with Gasteiger partial charge in [-0.1, -0.05) is 43.4 Å². The molecule has 140 valence electrons. The Bertz CT molecular complexity index is 729. The summed E-state index contributed by atoms with van der Waals surface area (Å²) < 4.78 is 5.52. The summed E-state index contributed by atoms with van der Waals surface area (Å²) in [6.45, 7) is 5.02. The zero-order chi connectivity index (χ0) is 18.5. The van der Waals surface area contributed by atoms with Crippen LogP contribution in [0.25, 0.3) is 11.4 Å². The smallest absolute Gasteiger partial charge is 0.249 e. The highest BCUT2D eigenvalue weighted by Crippen LogP contribution is 2.34. The zero-order valence-corrected chi connectivity index (χ0v) is 16.2. The van der Waals surface area contributed by atoms with Crippen LogP contribution in [0, 0.1) is 5.92 Å². The third-order valence-corrected chi connectivity index (χ3v) is 5.37. The maximum atomic E-state index is 13.0. The molecular weight excluding hydrogens is 350 g/mol. The number of carbonyl (C=O) groups excluding carboxylic acids is 1. The third kappa shape index (κ3) is 4.09. The predicted octanol–water partition coefficient (Wildman–Crippen LogP) is 5.27. The Morgan fingerprint density at radius 2 is 2.12 bits per heavy atom. The van der Waals surface area contributed by atoms with E-state index in [1.807, 2.05) is 17.0 Å². The lowest BCUT2D eigenvalue weighted by Gasteiger charge is -2.26. The molecular formula is C20H26ClN3O2. The number of hydrogen-bond donors (Lipinski definition) is 0. The van der Waals surface area contributed by atoms with Gasteiger partial charge in [0.1, 0.15) is 6.04 Å². The molecule has 0 radical (unpaired) electrons. The van der Waals surface area contributed by atoms with Crippen LogP contribution >= 0.6 is 11.6 Å². The first-order valence-corrected chi connectivity index (χ1v) is 9.91. The lowest BCUT2D eigenvalue weighted by molar-refractivity contribution is -0.137. The minimum Gasteiger partial charge on any atom is -0.337 e. The second-order valence-corrected chi connectivity index (χ2v) is 7.34. The van der Waals surface area contributed by atoms with E-state index < -0.39 is 0 Å². The van der Waals surface area contributed by atoms with E-state index in [9.17, 15) is 4.79 Å². The summed E-state index contributed by atoms with van der Waals surface area (Å²) in [5, 5.41) is 4.77. The Kier molecular flexibility index (Phi) is 6.30. The topological polar surface area (TPSA) is 59.2 Å². The molecule has 1 saturated heterocycles. The lowest BCUT2D eigenvalue weighted by Crippen LogP contribution is -2.35. The number of aromatic nitrogens is 2. The van der Waals surface area contributed by atoms with Crippen molar-refractivity contribution in [3.05, 3.63) is 35.2 Å². The van der Waals surface area contributed by atoms with Gasteiger partial charge in [0.25, 0.3) is 0 Å². The molecule has 6 heteroatoms. The molecule has 1 aliphatic heterocycles. The Hall–Kier alpha value is -1.88. The number of hydrogen-bond acceptors (Lipinski definition) is 4. The number of unbranched alkanes of at least 4 members (excludes halogenated alkanes) is 1. The van der Waals surface area contributed by atoms with Gasteiger partial charge in [0.05, 0.1) is 0 Å². The Morgan fingerprint density at radius 1 is 1.35 bits per heavy atom. The van der Waals surface area contributed by atoms with Gasteiger partial charge >= 0.3 is 0 Å². The van der Waals surface area contributed by atoms with Crippen molar-refractivity contribution in [2.45, 2.75) is 58.4 Å². The summed E-state index contributed by atoms with van der Waals surface area (Å²) in [4.78, 5) is 19.5. The molecule has 0 spiro atoms. The van der Waals surface area contributed by atoms with Crippen LogP contribution in [-0.2, 0) is 4.79 Å². The summed E-state index contributed by atoms with van der Waals surface area (Å²) in [5.74, 6) is 1.39. The molecule has 1 aliphatic rings. The van der Waals surface area contributed by atoms with Crippen LogP contribution < -0.4 is 0 Å². The maximum absolute atomic E-state index is 13.0. The van der Waals surface area contributed by atoms with Crippen molar-refractivity contribution >= 4 is 17.5 Å². The van der Waals surface area contributed by atoms with E-state index in [4.69, 9.17) is 16.1 Å². The van der Waals surface area contributed by atoms with Crippen LogP contribution in [-0.4, -0.2) is 27.5 Å². The normalized spacial score (nSPS) is 18.3. The van der Waals surface area contributed by atoms with E-state index in [1.54, 1.807) is 12.1 Å². The summed E-state index contributed by atoms with van der Waals surface area (Å²) in [5.41, 5.74) is 0.856. The molecule has 26 heavy (non-hydrogen) atoms. The minimum atomic E-state index is -0.105. The fourth-order valence-electron chi connectivity index (χ4n) is 3.56. The molecule has 1 amide bonds. The largest absolute Gasteiger partial charge is 0.337 e. The standard InChI is InChI=1S/C20H26ClN3O2/c1-3-5-7-14(4-2)20(25)24-13-6-8-17(24)19-22-18(23-26-19)15-9-11-16(21)12-10-15/h9-12,14,17H,3-8,13H2,1-2H3/t14-,17-/m1/s1. The molecule has 0 N–H and O–H groups in total. The van der Waals surface area contributed by atoms with E-state index in [0.29, 0.717) is 16.7 Å². The van der Waals surface area contributed by atoms with Crippen LogP contribution in [0.4, 0.5) is 0 Å². The van der Waals surface area contributed by atoms with Gasteiger partial charge < -0.3 is 9.42 Å². The molecule has 1 fully saturated rings. The van der Waals surface area contributed by atoms with Crippen molar-refractivity contribution in [1.82, 2.24) is 15.0 Å². The van der Waals surface area contributed by atoms with Gasteiger partial charge in [0.2, 0.25) is 17.6 Å². The molecule has 2 heterocycles. The first-order valence-electron chi connectivity index (χ1n) is 9.54. The van der Waals surface area contributed by atoms with Gasteiger partial charge in [-0.3, -0.25) is 4.79 Å². The van der Waals surface area contributed by atoms with Gasteiger partial charge in [0.15, 0.2) is 0 Å². The van der Waals surface area contributed by atoms with Crippen molar-refractivity contribution in [1.29, 1.82) is 0 Å². The van der Waals surface area contributed by atoms with Crippen LogP contribution in [0.15, 0.2) is 28.8 Å². The number of carbonyl (C=O) groups is 1. The van der Waals surface area contributed by atoms with Crippen LogP contribution in [0.2, 0.25) is 5.02 Å². The summed E-state index contributed by atoms with van der Waals surface area (Å²) in [6, 6.07) is 7.24. The average molecular weight is 376 g/mol. The van der Waals surface area contributed by atoms with Crippen LogP contribution in [0.1, 0.15) is 64.3 Å². The Morgan fingerprint density at radius 3 is 2.81 bits per heavy atom. The first-order chi connectivity index (χ1) is 12.6. The molecule has 0 unspecified atom stereocenters. The molecule has 2 atom stereocenters. The van der Waals surface area contributed by atoms with E-state index >= 15 is 0 Å². The molecule has 1 aromatic heterocycles. The highest BCUT2D eigenvalue weighted by Gasteiger charge is 2.36. The fraction of sp³-hybridized carbons (Fsp3) is 0.550. The van der Waals surface area contributed by atoms with Crippen molar-refractivity contribution in [2.75, 3.05) is 6.54 Å². The van der Waals surface area contributed by atoms with Gasteiger partial charge in [0, 0.05) is 23.0 Å². The van der Waals surface area contributed by atoms with Gasteiger partial charge in [-0.25, -0.2) is 0 Å². The van der Waals surface area contributed by atoms with Crippen molar-refractivity contribution in [2.24, 2.45) is 5.92 Å². The molecule has 0 bridgehead atoms. The number of likely N-dealkylation sites (tertiary alicyclic amines) is 1. The summed E-state index contributed by atoms with van der Waals surface area (Å²) in [7, 11) is 0. The lowest BCUT2D eigenvalue weighted by atomic mass is 9.97. The van der Waals surface area contributed by atoms with Crippen molar-refractivity contribution in [3.63, 3.8) is 0 Å². The molecule has 3 rings (SSSR count). The molecule has 2 aromatic rings. The number of amides is 1. The van der Waals surface area contributed by atoms with Crippen molar-refractivity contribution < 1.29 is 9.32 Å². The predicted molar refractivity (Wildman–Crippen MR) is 102 cm³/mol. The summed E-state index contributed by atoms with van der Waals surface area (Å²) >= 11 is 5.93. The van der Waals surface area contributed by atoms with Gasteiger partial charge in [-0.05, 0) is 49.9 Å². The van der Waals surface area contributed by atoms with E-state index in [1.165, 1.54) is 0 Å². The average Bonchev–Trinajstić information content (AvgIpc) is 3.32. The number of benzene rings is 1. The van der Waals surface area contributed by atoms with Crippen LogP contribution in [0.5, 0.6) is 0 Å². The Balaban J connectivity index is 1.76. The van der Waals surface area contributed by atoms with Gasteiger partial charge in [-0.2, -0.15) is 4.98 Å². The maximum Gasteiger partial charge on any atom is 0.249 e. The second kappa shape index (κ2) is 8.67. The van der Waals surface area contributed by atoms with E-state index in [2.05, 4.69) is 24.0 Å². The quantitative estimate of drug-likeness (QED) is 0.661. The fourth-order valence-corrected chi connectivity index (χ4v) is 3.69. The molecule has 0 saturated carbocycles. The van der Waals surface area contributed by atoms with Crippen molar-refractivity contribution in [3.8, 4) is 11.4 Å². The van der Waals surface area contributed by atoms with E-state index in [0.717, 1.165) is 50.6 Å². The highest BCUT2D eigenvalue weighted by molar-refractivity contribution is 6.30. The Labute approximate surface area is 159 Å². The monoisotopic (exact) mass is 375 g/mol. The van der Waals surface area contributed by atoms with Gasteiger partial charge in [-0.15, -0.1) is 0 Å². The second-order valence-electron chi connectivity index (χ2n) is 6.90. The van der Waals surface area contributed by atoms with Crippen LogP contribution in [0.3, 0.4) is 0 Å². The first kappa shape index (κ1) is 18.9. The van der Waals surface area contributed by atoms with E-state index in [-0.39, 0.29) is 17.9 Å². The molecule has 5 nitrogen and oxygen atoms in total. The highest BCUT2D eigenvalue weighted by atomic mass is 35.5. The molecule has 0 aliphatic carbocycles. The number of nitrogens with zero attached hydrogens (tertiary/aromatic N) is 3.